The Hall–Kier alpha value is -1.42. The number of halogens is 1. The van der Waals surface area contributed by atoms with Gasteiger partial charge in [-0.1, -0.05) is 15.9 Å². The topological polar surface area (TPSA) is 54.4 Å². The Balaban J connectivity index is 2.69. The molecule has 0 unspecified atom stereocenters. The molecule has 0 radical (unpaired) electrons. The summed E-state index contributed by atoms with van der Waals surface area (Å²) in [6.07, 6.45) is 0.942. The molecule has 0 atom stereocenters. The standard InChI is InChI=1S/C10H5BrO3/c11-5-1-2-6-7(3-5)8(12)4-9(13)10(6)14/h1-4,13H. The molecule has 0 aromatic heterocycles. The van der Waals surface area contributed by atoms with Gasteiger partial charge in [-0.15, -0.1) is 0 Å². The maximum absolute atomic E-state index is 11.4. The average Bonchev–Trinajstić information content (AvgIpc) is 2.14. The monoisotopic (exact) mass is 252 g/mol. The van der Waals surface area contributed by atoms with Crippen LogP contribution in [-0.4, -0.2) is 16.7 Å². The van der Waals surface area contributed by atoms with Crippen molar-refractivity contribution >= 4 is 27.5 Å². The molecular weight excluding hydrogens is 248 g/mol. The molecule has 1 aromatic rings. The number of Topliss-reactive ketones (excluding diaryl/α,β-unsaturated/α-hetero) is 1. The molecule has 0 saturated heterocycles. The van der Waals surface area contributed by atoms with Gasteiger partial charge in [0.2, 0.25) is 5.78 Å². The van der Waals surface area contributed by atoms with E-state index in [9.17, 15) is 9.59 Å². The van der Waals surface area contributed by atoms with Crippen molar-refractivity contribution in [1.82, 2.24) is 0 Å². The van der Waals surface area contributed by atoms with Crippen LogP contribution in [0.3, 0.4) is 0 Å². The Morgan fingerprint density at radius 3 is 2.57 bits per heavy atom. The number of fused-ring (bicyclic) bond motifs is 1. The van der Waals surface area contributed by atoms with Gasteiger partial charge in [-0.3, -0.25) is 9.59 Å². The summed E-state index contributed by atoms with van der Waals surface area (Å²) >= 11 is 3.21. The number of carbonyl (C=O) groups is 2. The maximum Gasteiger partial charge on any atom is 0.228 e. The molecular formula is C10H5BrO3. The highest BCUT2D eigenvalue weighted by Gasteiger charge is 2.24. The highest BCUT2D eigenvalue weighted by atomic mass is 79.9. The van der Waals surface area contributed by atoms with Gasteiger partial charge in [0.15, 0.2) is 11.5 Å². The van der Waals surface area contributed by atoms with Crippen LogP contribution >= 0.6 is 15.9 Å². The fourth-order valence-corrected chi connectivity index (χ4v) is 1.68. The normalized spacial score (nSPS) is 15.1. The van der Waals surface area contributed by atoms with E-state index >= 15 is 0 Å². The third-order valence-electron chi connectivity index (χ3n) is 1.99. The van der Waals surface area contributed by atoms with Crippen molar-refractivity contribution in [3.05, 3.63) is 45.6 Å². The summed E-state index contributed by atoms with van der Waals surface area (Å²) in [7, 11) is 0. The maximum atomic E-state index is 11.4. The molecule has 1 N–H and O–H groups in total. The molecule has 3 nitrogen and oxygen atoms in total. The van der Waals surface area contributed by atoms with E-state index in [0.29, 0.717) is 5.56 Å². The molecule has 4 heteroatoms. The van der Waals surface area contributed by atoms with Crippen LogP contribution in [-0.2, 0) is 0 Å². The van der Waals surface area contributed by atoms with Crippen molar-refractivity contribution in [2.24, 2.45) is 0 Å². The Bertz CT molecular complexity index is 474. The van der Waals surface area contributed by atoms with Crippen molar-refractivity contribution in [1.29, 1.82) is 0 Å². The minimum atomic E-state index is -0.507. The Labute approximate surface area is 88.2 Å². The van der Waals surface area contributed by atoms with Crippen LogP contribution in [0.1, 0.15) is 20.7 Å². The number of aliphatic hydroxyl groups is 1. The average molecular weight is 253 g/mol. The van der Waals surface area contributed by atoms with Crippen LogP contribution in [0.5, 0.6) is 0 Å². The molecule has 1 aliphatic carbocycles. The molecule has 1 aromatic carbocycles. The summed E-state index contributed by atoms with van der Waals surface area (Å²) in [6, 6.07) is 4.74. The van der Waals surface area contributed by atoms with E-state index in [1.54, 1.807) is 12.1 Å². The summed E-state index contributed by atoms with van der Waals surface area (Å²) in [5.74, 6) is -1.35. The molecule has 0 amide bonds. The molecule has 0 bridgehead atoms. The van der Waals surface area contributed by atoms with E-state index in [-0.39, 0.29) is 11.3 Å². The molecule has 14 heavy (non-hydrogen) atoms. The fraction of sp³-hybridized carbons (Fsp3) is 0. The summed E-state index contributed by atoms with van der Waals surface area (Å²) in [5.41, 5.74) is 0.570. The summed E-state index contributed by atoms with van der Waals surface area (Å²) in [6.45, 7) is 0. The van der Waals surface area contributed by atoms with Gasteiger partial charge in [-0.05, 0) is 18.2 Å². The van der Waals surface area contributed by atoms with Crippen molar-refractivity contribution in [3.8, 4) is 0 Å². The zero-order valence-corrected chi connectivity index (χ0v) is 8.54. The smallest absolute Gasteiger partial charge is 0.228 e. The first-order valence-corrected chi connectivity index (χ1v) is 4.68. The molecule has 0 heterocycles. The van der Waals surface area contributed by atoms with E-state index in [4.69, 9.17) is 5.11 Å². The van der Waals surface area contributed by atoms with Crippen molar-refractivity contribution in [2.75, 3.05) is 0 Å². The lowest BCUT2D eigenvalue weighted by molar-refractivity contribution is 0.0939. The molecule has 0 spiro atoms. The summed E-state index contributed by atoms with van der Waals surface area (Å²) in [4.78, 5) is 22.8. The first-order chi connectivity index (χ1) is 6.59. The summed E-state index contributed by atoms with van der Waals surface area (Å²) in [5, 5.41) is 9.14. The number of ketones is 2. The van der Waals surface area contributed by atoms with E-state index < -0.39 is 11.5 Å². The van der Waals surface area contributed by atoms with Crippen LogP contribution in [0.2, 0.25) is 0 Å². The predicted octanol–water partition coefficient (Wildman–Crippen LogP) is 2.27. The Kier molecular flexibility index (Phi) is 2.00. The number of rotatable bonds is 0. The molecule has 2 rings (SSSR count). The van der Waals surface area contributed by atoms with Crippen molar-refractivity contribution in [2.45, 2.75) is 0 Å². The van der Waals surface area contributed by atoms with Gasteiger partial charge in [0, 0.05) is 21.7 Å². The van der Waals surface area contributed by atoms with Gasteiger partial charge in [0.1, 0.15) is 0 Å². The third kappa shape index (κ3) is 1.28. The number of benzene rings is 1. The molecule has 70 valence electrons. The largest absolute Gasteiger partial charge is 0.504 e. The second kappa shape index (κ2) is 3.06. The predicted molar refractivity (Wildman–Crippen MR) is 53.5 cm³/mol. The fourth-order valence-electron chi connectivity index (χ4n) is 1.32. The molecule has 0 fully saturated rings. The van der Waals surface area contributed by atoms with E-state index in [1.165, 1.54) is 6.07 Å². The van der Waals surface area contributed by atoms with Crippen LogP contribution in [0, 0.1) is 0 Å². The number of allylic oxidation sites excluding steroid dienone is 2. The van der Waals surface area contributed by atoms with Crippen LogP contribution in [0.4, 0.5) is 0 Å². The number of carbonyl (C=O) groups excluding carboxylic acids is 2. The molecule has 1 aliphatic rings. The minimum Gasteiger partial charge on any atom is -0.504 e. The molecule has 0 aliphatic heterocycles. The second-order valence-electron chi connectivity index (χ2n) is 2.91. The van der Waals surface area contributed by atoms with Gasteiger partial charge >= 0.3 is 0 Å². The number of hydrogen-bond acceptors (Lipinski definition) is 3. The quantitative estimate of drug-likeness (QED) is 0.771. The SMILES string of the molecule is O=C1C=C(O)C(=O)c2ccc(Br)cc21. The van der Waals surface area contributed by atoms with E-state index in [2.05, 4.69) is 15.9 Å². The van der Waals surface area contributed by atoms with Crippen LogP contribution in [0.15, 0.2) is 34.5 Å². The van der Waals surface area contributed by atoms with Crippen LogP contribution in [0.25, 0.3) is 0 Å². The lowest BCUT2D eigenvalue weighted by Crippen LogP contribution is -2.16. The highest BCUT2D eigenvalue weighted by molar-refractivity contribution is 9.10. The summed E-state index contributed by atoms with van der Waals surface area (Å²) < 4.78 is 0.729. The van der Waals surface area contributed by atoms with E-state index in [0.717, 1.165) is 10.5 Å². The number of aliphatic hydroxyl groups excluding tert-OH is 1. The van der Waals surface area contributed by atoms with Crippen LogP contribution < -0.4 is 0 Å². The minimum absolute atomic E-state index is 0.248. The molecule has 0 saturated carbocycles. The zero-order valence-electron chi connectivity index (χ0n) is 6.95. The lowest BCUT2D eigenvalue weighted by atomic mass is 9.94. The third-order valence-corrected chi connectivity index (χ3v) is 2.49. The van der Waals surface area contributed by atoms with Gasteiger partial charge in [0.05, 0.1) is 0 Å². The first kappa shape index (κ1) is 9.15. The van der Waals surface area contributed by atoms with E-state index in [1.807, 2.05) is 0 Å². The van der Waals surface area contributed by atoms with Gasteiger partial charge in [-0.2, -0.15) is 0 Å². The number of hydrogen-bond donors (Lipinski definition) is 1. The van der Waals surface area contributed by atoms with Crippen molar-refractivity contribution in [3.63, 3.8) is 0 Å². The van der Waals surface area contributed by atoms with Gasteiger partial charge < -0.3 is 5.11 Å². The second-order valence-corrected chi connectivity index (χ2v) is 3.83. The Morgan fingerprint density at radius 2 is 1.86 bits per heavy atom. The highest BCUT2D eigenvalue weighted by Crippen LogP contribution is 2.23. The van der Waals surface area contributed by atoms with Crippen molar-refractivity contribution < 1.29 is 14.7 Å². The first-order valence-electron chi connectivity index (χ1n) is 3.89. The van der Waals surface area contributed by atoms with Gasteiger partial charge in [0.25, 0.3) is 0 Å². The van der Waals surface area contributed by atoms with Gasteiger partial charge in [-0.25, -0.2) is 0 Å². The lowest BCUT2D eigenvalue weighted by Gasteiger charge is -2.10. The Morgan fingerprint density at radius 1 is 1.14 bits per heavy atom. The zero-order chi connectivity index (χ0) is 10.3.